The van der Waals surface area contributed by atoms with Crippen molar-refractivity contribution in [2.75, 3.05) is 13.2 Å². The summed E-state index contributed by atoms with van der Waals surface area (Å²) in [7, 11) is 1.76. The average Bonchev–Trinajstić information content (AvgIpc) is 2.45. The van der Waals surface area contributed by atoms with Crippen LogP contribution in [0.3, 0.4) is 0 Å². The number of aryl methyl sites for hydroxylation is 2. The monoisotopic (exact) mass is 219 g/mol. The Balaban J connectivity index is 2.41. The van der Waals surface area contributed by atoms with E-state index < -0.39 is 19.1 Å². The molecule has 0 unspecified atom stereocenters. The molecule has 0 aliphatic rings. The van der Waals surface area contributed by atoms with Gasteiger partial charge in [-0.3, -0.25) is 4.68 Å². The van der Waals surface area contributed by atoms with Crippen molar-refractivity contribution in [3.8, 4) is 0 Å². The normalized spacial score (nSPS) is 12.1. The summed E-state index contributed by atoms with van der Waals surface area (Å²) in [6.07, 6.45) is 0. The molecule has 1 heterocycles. The summed E-state index contributed by atoms with van der Waals surface area (Å²) in [5.74, 6) is -3.06. The molecule has 0 aromatic carbocycles. The number of rotatable bonds is 5. The van der Waals surface area contributed by atoms with E-state index in [2.05, 4.69) is 10.4 Å². The highest BCUT2D eigenvalue weighted by Gasteiger charge is 2.26. The van der Waals surface area contributed by atoms with Crippen molar-refractivity contribution in [1.29, 1.82) is 0 Å². The molecule has 0 amide bonds. The van der Waals surface area contributed by atoms with Crippen molar-refractivity contribution < 1.29 is 13.9 Å². The van der Waals surface area contributed by atoms with Crippen LogP contribution in [0, 0.1) is 6.92 Å². The quantitative estimate of drug-likeness (QED) is 0.755. The summed E-state index contributed by atoms with van der Waals surface area (Å²) in [6, 6.07) is 1.82. The second-order valence-electron chi connectivity index (χ2n) is 3.52. The van der Waals surface area contributed by atoms with E-state index >= 15 is 0 Å². The molecule has 4 nitrogen and oxygen atoms in total. The molecule has 6 heteroatoms. The Labute approximate surface area is 86.9 Å². The summed E-state index contributed by atoms with van der Waals surface area (Å²) in [5, 5.41) is 15.0. The van der Waals surface area contributed by atoms with Crippen molar-refractivity contribution in [2.45, 2.75) is 19.4 Å². The predicted octanol–water partition coefficient (Wildman–Crippen LogP) is 0.446. The molecule has 0 fully saturated rings. The van der Waals surface area contributed by atoms with Gasteiger partial charge in [0.2, 0.25) is 0 Å². The summed E-state index contributed by atoms with van der Waals surface area (Å²) in [6.45, 7) is 0.483. The van der Waals surface area contributed by atoms with Gasteiger partial charge in [-0.2, -0.15) is 5.10 Å². The fourth-order valence-corrected chi connectivity index (χ4v) is 1.26. The summed E-state index contributed by atoms with van der Waals surface area (Å²) in [5.41, 5.74) is 1.68. The summed E-state index contributed by atoms with van der Waals surface area (Å²) in [4.78, 5) is 0. The number of aliphatic hydroxyl groups is 1. The largest absolute Gasteiger partial charge is 0.390 e. The molecule has 0 saturated carbocycles. The van der Waals surface area contributed by atoms with Crippen LogP contribution in [0.1, 0.15) is 11.4 Å². The minimum absolute atomic E-state index is 0.312. The van der Waals surface area contributed by atoms with Gasteiger partial charge < -0.3 is 10.4 Å². The molecule has 0 saturated heterocycles. The third-order valence-corrected chi connectivity index (χ3v) is 2.02. The SMILES string of the molecule is Cc1cc(CNCC(F)(F)CO)n(C)n1. The smallest absolute Gasteiger partial charge is 0.282 e. The molecular formula is C9H15F2N3O. The highest BCUT2D eigenvalue weighted by atomic mass is 19.3. The van der Waals surface area contributed by atoms with Gasteiger partial charge in [-0.05, 0) is 13.0 Å². The van der Waals surface area contributed by atoms with Crippen molar-refractivity contribution in [3.63, 3.8) is 0 Å². The van der Waals surface area contributed by atoms with Crippen LogP contribution in [-0.2, 0) is 13.6 Å². The first-order valence-corrected chi connectivity index (χ1v) is 4.63. The van der Waals surface area contributed by atoms with Crippen LogP contribution in [0.15, 0.2) is 6.07 Å². The molecule has 86 valence electrons. The Hall–Kier alpha value is -1.01. The lowest BCUT2D eigenvalue weighted by Crippen LogP contribution is -2.35. The van der Waals surface area contributed by atoms with E-state index in [0.717, 1.165) is 11.4 Å². The number of alkyl halides is 2. The summed E-state index contributed by atoms with van der Waals surface area (Å²) < 4.78 is 26.9. The summed E-state index contributed by atoms with van der Waals surface area (Å²) >= 11 is 0. The fourth-order valence-electron chi connectivity index (χ4n) is 1.26. The Morgan fingerprint density at radius 3 is 2.73 bits per heavy atom. The van der Waals surface area contributed by atoms with Crippen molar-refractivity contribution >= 4 is 0 Å². The van der Waals surface area contributed by atoms with Crippen LogP contribution in [0.5, 0.6) is 0 Å². The van der Waals surface area contributed by atoms with Crippen LogP contribution in [0.25, 0.3) is 0 Å². The van der Waals surface area contributed by atoms with Crippen LogP contribution in [0.4, 0.5) is 8.78 Å². The van der Waals surface area contributed by atoms with Crippen molar-refractivity contribution in [2.24, 2.45) is 7.05 Å². The van der Waals surface area contributed by atoms with Gasteiger partial charge in [0.1, 0.15) is 6.61 Å². The van der Waals surface area contributed by atoms with Gasteiger partial charge in [0.25, 0.3) is 5.92 Å². The van der Waals surface area contributed by atoms with E-state index in [9.17, 15) is 8.78 Å². The van der Waals surface area contributed by atoms with Gasteiger partial charge in [-0.1, -0.05) is 0 Å². The molecule has 0 aliphatic carbocycles. The molecule has 0 aliphatic heterocycles. The minimum atomic E-state index is -3.06. The van der Waals surface area contributed by atoms with E-state index in [1.807, 2.05) is 13.0 Å². The number of hydrogen-bond acceptors (Lipinski definition) is 3. The highest BCUT2D eigenvalue weighted by molar-refractivity contribution is 5.08. The molecular weight excluding hydrogens is 204 g/mol. The zero-order chi connectivity index (χ0) is 11.5. The molecule has 15 heavy (non-hydrogen) atoms. The fraction of sp³-hybridized carbons (Fsp3) is 0.667. The van der Waals surface area contributed by atoms with Crippen LogP contribution < -0.4 is 5.32 Å². The van der Waals surface area contributed by atoms with E-state index in [-0.39, 0.29) is 0 Å². The molecule has 1 aromatic rings. The highest BCUT2D eigenvalue weighted by Crippen LogP contribution is 2.10. The van der Waals surface area contributed by atoms with Gasteiger partial charge in [-0.25, -0.2) is 8.78 Å². The van der Waals surface area contributed by atoms with Gasteiger partial charge in [0.05, 0.1) is 17.9 Å². The van der Waals surface area contributed by atoms with E-state index in [0.29, 0.717) is 6.54 Å². The third kappa shape index (κ3) is 3.56. The van der Waals surface area contributed by atoms with Gasteiger partial charge in [0.15, 0.2) is 0 Å². The van der Waals surface area contributed by atoms with Gasteiger partial charge in [-0.15, -0.1) is 0 Å². The minimum Gasteiger partial charge on any atom is -0.390 e. The van der Waals surface area contributed by atoms with E-state index in [4.69, 9.17) is 5.11 Å². The lowest BCUT2D eigenvalue weighted by Gasteiger charge is -2.13. The zero-order valence-electron chi connectivity index (χ0n) is 8.80. The first-order chi connectivity index (χ1) is 6.94. The Bertz CT molecular complexity index is 325. The predicted molar refractivity (Wildman–Crippen MR) is 51.7 cm³/mol. The first-order valence-electron chi connectivity index (χ1n) is 4.63. The van der Waals surface area contributed by atoms with Crippen molar-refractivity contribution in [3.05, 3.63) is 17.5 Å². The Kier molecular flexibility index (Phi) is 3.76. The maximum absolute atomic E-state index is 12.6. The number of aliphatic hydroxyl groups excluding tert-OH is 1. The van der Waals surface area contributed by atoms with Crippen LogP contribution >= 0.6 is 0 Å². The molecule has 2 N–H and O–H groups in total. The molecule has 0 bridgehead atoms. The molecule has 0 radical (unpaired) electrons. The lowest BCUT2D eigenvalue weighted by molar-refractivity contribution is -0.0478. The number of halogens is 2. The maximum atomic E-state index is 12.6. The van der Waals surface area contributed by atoms with Gasteiger partial charge >= 0.3 is 0 Å². The van der Waals surface area contributed by atoms with Crippen LogP contribution in [-0.4, -0.2) is 34.0 Å². The maximum Gasteiger partial charge on any atom is 0.282 e. The first kappa shape index (κ1) is 12.1. The van der Waals surface area contributed by atoms with E-state index in [1.54, 1.807) is 11.7 Å². The third-order valence-electron chi connectivity index (χ3n) is 2.02. The number of hydrogen-bond donors (Lipinski definition) is 2. The topological polar surface area (TPSA) is 50.1 Å². The molecule has 1 rings (SSSR count). The molecule has 0 atom stereocenters. The van der Waals surface area contributed by atoms with Crippen molar-refractivity contribution in [1.82, 2.24) is 15.1 Å². The lowest BCUT2D eigenvalue weighted by atomic mass is 10.3. The number of aromatic nitrogens is 2. The Morgan fingerprint density at radius 2 is 2.27 bits per heavy atom. The second-order valence-corrected chi connectivity index (χ2v) is 3.52. The standard InChI is InChI=1S/C9H15F2N3O/c1-7-3-8(14(2)13-7)4-12-5-9(10,11)6-15/h3,12,15H,4-6H2,1-2H3. The van der Waals surface area contributed by atoms with E-state index in [1.165, 1.54) is 0 Å². The number of nitrogens with zero attached hydrogens (tertiary/aromatic N) is 2. The zero-order valence-corrected chi connectivity index (χ0v) is 8.80. The number of nitrogens with one attached hydrogen (secondary N) is 1. The average molecular weight is 219 g/mol. The molecule has 0 spiro atoms. The van der Waals surface area contributed by atoms with Gasteiger partial charge in [0, 0.05) is 13.6 Å². The van der Waals surface area contributed by atoms with Crippen LogP contribution in [0.2, 0.25) is 0 Å². The second kappa shape index (κ2) is 4.67. The Morgan fingerprint density at radius 1 is 1.60 bits per heavy atom. The molecule has 1 aromatic heterocycles.